The number of alkyl halides is 8. The molecule has 0 radical (unpaired) electrons. The van der Waals surface area contributed by atoms with Crippen molar-refractivity contribution < 1.29 is 26.3 Å². The van der Waals surface area contributed by atoms with E-state index in [1.54, 1.807) is 0 Å². The zero-order chi connectivity index (χ0) is 18.2. The summed E-state index contributed by atoms with van der Waals surface area (Å²) in [4.78, 5) is -3.12. The second kappa shape index (κ2) is 7.65. The van der Waals surface area contributed by atoms with Crippen molar-refractivity contribution in [3.05, 3.63) is 0 Å². The van der Waals surface area contributed by atoms with Crippen molar-refractivity contribution in [3.8, 4) is 0 Å². The Labute approximate surface area is 155 Å². The van der Waals surface area contributed by atoms with E-state index in [0.717, 1.165) is 0 Å². The Bertz CT molecular complexity index is 407. The Morgan fingerprint density at radius 3 is 1.29 bits per heavy atom. The van der Waals surface area contributed by atoms with Gasteiger partial charge in [0, 0.05) is 23.1 Å². The SMILES string of the molecule is FC(F)(Br)C1CCC(C(F)(F)C(F)(F)C2CCC(CBr)CC2)CC1. The molecule has 0 aromatic carbocycles. The standard InChI is InChI=1S/C16H22Br2F6/c17-9-10-1-3-11(4-2-10)14(19,20)15(21,22)12-5-7-13(8-6-12)16(18,23)24/h10-13H,1-9H2. The Hall–Kier alpha value is 0.540. The molecule has 0 bridgehead atoms. The Balaban J connectivity index is 2.01. The molecule has 0 heterocycles. The summed E-state index contributed by atoms with van der Waals surface area (Å²) in [6.07, 6.45) is 0.321. The monoisotopic (exact) mass is 486 g/mol. The summed E-state index contributed by atoms with van der Waals surface area (Å²) < 4.78 is 84.5. The summed E-state index contributed by atoms with van der Waals surface area (Å²) in [6.45, 7) is 0. The Morgan fingerprint density at radius 2 is 0.958 bits per heavy atom. The molecule has 0 nitrogen and oxygen atoms in total. The molecule has 2 aliphatic carbocycles. The maximum Gasteiger partial charge on any atom is 0.313 e. The first kappa shape index (κ1) is 20.8. The number of hydrogen-bond donors (Lipinski definition) is 0. The minimum Gasteiger partial charge on any atom is -0.200 e. The normalized spacial score (nSPS) is 33.5. The zero-order valence-corrected chi connectivity index (χ0v) is 16.4. The van der Waals surface area contributed by atoms with Crippen molar-refractivity contribution in [2.75, 3.05) is 5.33 Å². The van der Waals surface area contributed by atoms with Gasteiger partial charge in [0.15, 0.2) is 0 Å². The smallest absolute Gasteiger partial charge is 0.200 e. The van der Waals surface area contributed by atoms with Crippen LogP contribution in [0.1, 0.15) is 51.4 Å². The van der Waals surface area contributed by atoms with Gasteiger partial charge < -0.3 is 0 Å². The molecular weight excluding hydrogens is 466 g/mol. The van der Waals surface area contributed by atoms with Gasteiger partial charge in [-0.2, -0.15) is 26.3 Å². The van der Waals surface area contributed by atoms with E-state index in [9.17, 15) is 26.3 Å². The van der Waals surface area contributed by atoms with E-state index < -0.39 is 34.4 Å². The van der Waals surface area contributed by atoms with Crippen LogP contribution in [0.4, 0.5) is 26.3 Å². The van der Waals surface area contributed by atoms with Gasteiger partial charge in [0.05, 0.1) is 0 Å². The molecule has 8 heteroatoms. The van der Waals surface area contributed by atoms with E-state index >= 15 is 0 Å². The van der Waals surface area contributed by atoms with Gasteiger partial charge in [-0.25, -0.2) is 0 Å². The van der Waals surface area contributed by atoms with Gasteiger partial charge >= 0.3 is 16.7 Å². The van der Waals surface area contributed by atoms with Crippen molar-refractivity contribution >= 4 is 31.9 Å². The zero-order valence-electron chi connectivity index (χ0n) is 13.2. The predicted octanol–water partition coefficient (Wildman–Crippen LogP) is 7.25. The quantitative estimate of drug-likeness (QED) is 0.283. The molecule has 142 valence electrons. The summed E-state index contributed by atoms with van der Waals surface area (Å²) in [5.41, 5.74) is 0. The number of rotatable bonds is 5. The van der Waals surface area contributed by atoms with Gasteiger partial charge in [-0.15, -0.1) is 0 Å². The van der Waals surface area contributed by atoms with Crippen LogP contribution < -0.4 is 0 Å². The molecule has 0 aliphatic heterocycles. The van der Waals surface area contributed by atoms with Gasteiger partial charge in [0.1, 0.15) is 0 Å². The molecule has 24 heavy (non-hydrogen) atoms. The first-order chi connectivity index (χ1) is 11.0. The minimum absolute atomic E-state index is 0.0909. The lowest BCUT2D eigenvalue weighted by atomic mass is 9.72. The fourth-order valence-corrected chi connectivity index (χ4v) is 5.11. The van der Waals surface area contributed by atoms with E-state index in [-0.39, 0.29) is 44.4 Å². The lowest BCUT2D eigenvalue weighted by molar-refractivity contribution is -0.270. The predicted molar refractivity (Wildman–Crippen MR) is 88.5 cm³/mol. The highest BCUT2D eigenvalue weighted by atomic mass is 79.9. The maximum absolute atomic E-state index is 14.5. The van der Waals surface area contributed by atoms with Gasteiger partial charge in [-0.3, -0.25) is 0 Å². The summed E-state index contributed by atoms with van der Waals surface area (Å²) in [7, 11) is 0. The van der Waals surface area contributed by atoms with Crippen LogP contribution in [0.25, 0.3) is 0 Å². The maximum atomic E-state index is 14.5. The second-order valence-electron chi connectivity index (χ2n) is 7.21. The van der Waals surface area contributed by atoms with Crippen LogP contribution >= 0.6 is 31.9 Å². The Kier molecular flexibility index (Phi) is 6.64. The third-order valence-electron chi connectivity index (χ3n) is 5.72. The fourth-order valence-electron chi connectivity index (χ4n) is 4.01. The third-order valence-corrected chi connectivity index (χ3v) is 7.29. The van der Waals surface area contributed by atoms with E-state index in [1.165, 1.54) is 0 Å². The van der Waals surface area contributed by atoms with E-state index in [4.69, 9.17) is 0 Å². The highest BCUT2D eigenvalue weighted by molar-refractivity contribution is 9.10. The van der Waals surface area contributed by atoms with Crippen molar-refractivity contribution in [2.24, 2.45) is 23.7 Å². The second-order valence-corrected chi connectivity index (χ2v) is 8.91. The van der Waals surface area contributed by atoms with Crippen molar-refractivity contribution in [3.63, 3.8) is 0 Å². The van der Waals surface area contributed by atoms with E-state index in [2.05, 4.69) is 31.9 Å². The van der Waals surface area contributed by atoms with Crippen LogP contribution in [0.15, 0.2) is 0 Å². The Morgan fingerprint density at radius 1 is 0.625 bits per heavy atom. The van der Waals surface area contributed by atoms with Crippen molar-refractivity contribution in [1.29, 1.82) is 0 Å². The van der Waals surface area contributed by atoms with E-state index in [1.807, 2.05) is 0 Å². The average molecular weight is 488 g/mol. The summed E-state index contributed by atoms with van der Waals surface area (Å²) in [5, 5.41) is 0.701. The largest absolute Gasteiger partial charge is 0.313 e. The molecule has 2 rings (SSSR count). The van der Waals surface area contributed by atoms with Crippen LogP contribution in [0.3, 0.4) is 0 Å². The van der Waals surface area contributed by atoms with Gasteiger partial charge in [-0.05, 0) is 73.2 Å². The topological polar surface area (TPSA) is 0 Å². The van der Waals surface area contributed by atoms with Crippen LogP contribution in [0.5, 0.6) is 0 Å². The van der Waals surface area contributed by atoms with Crippen LogP contribution in [-0.2, 0) is 0 Å². The van der Waals surface area contributed by atoms with Gasteiger partial charge in [0.2, 0.25) is 0 Å². The molecule has 0 aromatic heterocycles. The van der Waals surface area contributed by atoms with Crippen LogP contribution in [-0.4, -0.2) is 22.0 Å². The molecule has 0 aromatic rings. The van der Waals surface area contributed by atoms with Crippen LogP contribution in [0.2, 0.25) is 0 Å². The lowest BCUT2D eigenvalue weighted by Gasteiger charge is -2.42. The molecule has 2 aliphatic rings. The van der Waals surface area contributed by atoms with E-state index in [0.29, 0.717) is 18.2 Å². The summed E-state index contributed by atoms with van der Waals surface area (Å²) in [6, 6.07) is 0. The molecule has 0 spiro atoms. The number of halogens is 8. The average Bonchev–Trinajstić information content (AvgIpc) is 2.54. The first-order valence-electron chi connectivity index (χ1n) is 8.38. The van der Waals surface area contributed by atoms with Crippen molar-refractivity contribution in [2.45, 2.75) is 68.0 Å². The fraction of sp³-hybridized carbons (Fsp3) is 1.00. The summed E-state index contributed by atoms with van der Waals surface area (Å²) in [5.74, 6) is -11.8. The molecule has 0 saturated heterocycles. The molecular formula is C16H22Br2F6. The molecule has 0 unspecified atom stereocenters. The van der Waals surface area contributed by atoms with Gasteiger partial charge in [0.25, 0.3) is 0 Å². The summed E-state index contributed by atoms with van der Waals surface area (Å²) >= 11 is 5.56. The molecule has 0 N–H and O–H groups in total. The first-order valence-corrected chi connectivity index (χ1v) is 10.3. The van der Waals surface area contributed by atoms with Crippen LogP contribution in [0, 0.1) is 23.7 Å². The molecule has 0 amide bonds. The molecule has 2 fully saturated rings. The third kappa shape index (κ3) is 4.26. The molecule has 0 atom stereocenters. The number of hydrogen-bond acceptors (Lipinski definition) is 0. The highest BCUT2D eigenvalue weighted by Gasteiger charge is 2.64. The van der Waals surface area contributed by atoms with Crippen molar-refractivity contribution in [1.82, 2.24) is 0 Å². The molecule has 2 saturated carbocycles. The minimum atomic E-state index is -4.13. The highest BCUT2D eigenvalue weighted by Crippen LogP contribution is 2.54. The lowest BCUT2D eigenvalue weighted by Crippen LogP contribution is -2.53. The van der Waals surface area contributed by atoms with Gasteiger partial charge in [-0.1, -0.05) is 15.9 Å².